The van der Waals surface area contributed by atoms with E-state index in [-0.39, 0.29) is 5.75 Å². The van der Waals surface area contributed by atoms with E-state index in [4.69, 9.17) is 10.5 Å². The van der Waals surface area contributed by atoms with Crippen molar-refractivity contribution in [3.63, 3.8) is 0 Å². The van der Waals surface area contributed by atoms with Crippen LogP contribution in [0.2, 0.25) is 0 Å². The maximum Gasteiger partial charge on any atom is 0.167 e. The molecule has 2 N–H and O–H groups in total. The van der Waals surface area contributed by atoms with Gasteiger partial charge in [0.1, 0.15) is 0 Å². The van der Waals surface area contributed by atoms with Gasteiger partial charge in [-0.1, -0.05) is 0 Å². The van der Waals surface area contributed by atoms with Crippen molar-refractivity contribution in [2.45, 2.75) is 26.8 Å². The first kappa shape index (κ1) is 14.9. The first-order valence-corrected chi connectivity index (χ1v) is 7.23. The molecule has 1 fully saturated rings. The van der Waals surface area contributed by atoms with E-state index in [2.05, 4.69) is 23.6 Å². The minimum absolute atomic E-state index is 0.281. The number of hydrogen-bond donors (Lipinski definition) is 1. The summed E-state index contributed by atoms with van der Waals surface area (Å²) >= 11 is 0. The molecular weight excluding hydrogens is 257 g/mol. The molecule has 0 saturated carbocycles. The number of ether oxygens (including phenoxy) is 1. The number of halogens is 1. The van der Waals surface area contributed by atoms with E-state index in [1.807, 2.05) is 6.92 Å². The van der Waals surface area contributed by atoms with Crippen LogP contribution in [0.5, 0.6) is 5.75 Å². The lowest BCUT2D eigenvalue weighted by molar-refractivity contribution is 0.209. The predicted octanol–water partition coefficient (Wildman–Crippen LogP) is 2.34. The number of benzene rings is 1. The minimum Gasteiger partial charge on any atom is -0.491 e. The summed E-state index contributed by atoms with van der Waals surface area (Å²) in [7, 11) is 0. The lowest BCUT2D eigenvalue weighted by Gasteiger charge is -2.38. The van der Waals surface area contributed by atoms with Crippen molar-refractivity contribution in [3.8, 4) is 5.75 Å². The van der Waals surface area contributed by atoms with Crippen LogP contribution in [0.4, 0.5) is 15.8 Å². The van der Waals surface area contributed by atoms with E-state index in [0.29, 0.717) is 18.3 Å². The van der Waals surface area contributed by atoms with E-state index in [0.717, 1.165) is 31.9 Å². The van der Waals surface area contributed by atoms with Gasteiger partial charge in [0.05, 0.1) is 18.0 Å². The Hall–Kier alpha value is -1.49. The normalized spacial score (nSPS) is 16.8. The molecule has 1 aliphatic heterocycles. The van der Waals surface area contributed by atoms with Gasteiger partial charge in [-0.15, -0.1) is 0 Å². The maximum atomic E-state index is 13.7. The number of anilines is 2. The number of rotatable bonds is 4. The summed E-state index contributed by atoms with van der Waals surface area (Å²) in [5.74, 6) is -0.114. The van der Waals surface area contributed by atoms with E-state index >= 15 is 0 Å². The van der Waals surface area contributed by atoms with Crippen LogP contribution in [0.25, 0.3) is 0 Å². The fraction of sp³-hybridized carbons (Fsp3) is 0.600. The first-order chi connectivity index (χ1) is 9.52. The Labute approximate surface area is 120 Å². The summed E-state index contributed by atoms with van der Waals surface area (Å²) in [6, 6.07) is 3.63. The largest absolute Gasteiger partial charge is 0.491 e. The molecule has 5 heteroatoms. The van der Waals surface area contributed by atoms with Crippen molar-refractivity contribution in [2.75, 3.05) is 43.4 Å². The van der Waals surface area contributed by atoms with Gasteiger partial charge in [0.15, 0.2) is 11.6 Å². The Kier molecular flexibility index (Phi) is 4.70. The van der Waals surface area contributed by atoms with Gasteiger partial charge in [-0.3, -0.25) is 4.90 Å². The Bertz CT molecular complexity index is 457. The molecule has 112 valence electrons. The van der Waals surface area contributed by atoms with Crippen LogP contribution < -0.4 is 15.4 Å². The van der Waals surface area contributed by atoms with Gasteiger partial charge in [-0.25, -0.2) is 4.39 Å². The molecule has 0 spiro atoms. The molecule has 2 rings (SSSR count). The van der Waals surface area contributed by atoms with Crippen molar-refractivity contribution in [3.05, 3.63) is 17.9 Å². The second-order valence-corrected chi connectivity index (χ2v) is 5.39. The average molecular weight is 281 g/mol. The lowest BCUT2D eigenvalue weighted by Crippen LogP contribution is -2.49. The third kappa shape index (κ3) is 3.15. The maximum absolute atomic E-state index is 13.7. The Balaban J connectivity index is 2.15. The summed E-state index contributed by atoms with van der Waals surface area (Å²) in [5.41, 5.74) is 7.31. The van der Waals surface area contributed by atoms with E-state index < -0.39 is 5.82 Å². The second-order valence-electron chi connectivity index (χ2n) is 5.39. The fourth-order valence-corrected chi connectivity index (χ4v) is 2.58. The van der Waals surface area contributed by atoms with Crippen LogP contribution in [0.3, 0.4) is 0 Å². The molecule has 0 amide bonds. The highest BCUT2D eigenvalue weighted by Crippen LogP contribution is 2.31. The molecule has 1 aromatic carbocycles. The van der Waals surface area contributed by atoms with Crippen LogP contribution >= 0.6 is 0 Å². The third-order valence-electron chi connectivity index (χ3n) is 3.77. The fourth-order valence-electron chi connectivity index (χ4n) is 2.58. The topological polar surface area (TPSA) is 41.7 Å². The summed E-state index contributed by atoms with van der Waals surface area (Å²) in [4.78, 5) is 4.63. The molecular formula is C15H24FN3O. The number of piperazine rings is 1. The SMILES string of the molecule is CCOc1cc(N2CCN(C(C)C)CC2)c(N)cc1F. The van der Waals surface area contributed by atoms with Gasteiger partial charge in [0.25, 0.3) is 0 Å². The van der Waals surface area contributed by atoms with Gasteiger partial charge >= 0.3 is 0 Å². The standard InChI is InChI=1S/C15H24FN3O/c1-4-20-15-10-14(13(17)9-12(15)16)19-7-5-18(6-8-19)11(2)3/h9-11H,4-8,17H2,1-3H3. The average Bonchev–Trinajstić information content (AvgIpc) is 2.42. The van der Waals surface area contributed by atoms with Gasteiger partial charge in [-0.05, 0) is 20.8 Å². The Morgan fingerprint density at radius 2 is 1.90 bits per heavy atom. The van der Waals surface area contributed by atoms with Gasteiger partial charge in [-0.2, -0.15) is 0 Å². The molecule has 0 unspecified atom stereocenters. The second kappa shape index (κ2) is 6.31. The van der Waals surface area contributed by atoms with E-state index in [9.17, 15) is 4.39 Å². The summed E-state index contributed by atoms with van der Waals surface area (Å²) in [6.45, 7) is 10.5. The molecule has 1 saturated heterocycles. The van der Waals surface area contributed by atoms with Gasteiger partial charge < -0.3 is 15.4 Å². The molecule has 0 atom stereocenters. The smallest absolute Gasteiger partial charge is 0.167 e. The van der Waals surface area contributed by atoms with E-state index in [1.165, 1.54) is 6.07 Å². The van der Waals surface area contributed by atoms with Crippen LogP contribution in [0, 0.1) is 5.82 Å². The zero-order valence-electron chi connectivity index (χ0n) is 12.5. The number of nitrogen functional groups attached to an aromatic ring is 1. The number of hydrogen-bond acceptors (Lipinski definition) is 4. The monoisotopic (exact) mass is 281 g/mol. The van der Waals surface area contributed by atoms with Crippen LogP contribution in [-0.4, -0.2) is 43.7 Å². The molecule has 4 nitrogen and oxygen atoms in total. The molecule has 0 bridgehead atoms. The molecule has 0 aliphatic carbocycles. The molecule has 0 aromatic heterocycles. The van der Waals surface area contributed by atoms with Crippen LogP contribution in [0.1, 0.15) is 20.8 Å². The lowest BCUT2D eigenvalue weighted by atomic mass is 10.2. The highest BCUT2D eigenvalue weighted by atomic mass is 19.1. The molecule has 20 heavy (non-hydrogen) atoms. The zero-order valence-corrected chi connectivity index (χ0v) is 12.5. The summed E-state index contributed by atoms with van der Waals surface area (Å²) < 4.78 is 19.0. The van der Waals surface area contributed by atoms with Crippen LogP contribution in [-0.2, 0) is 0 Å². The minimum atomic E-state index is -0.395. The predicted molar refractivity (Wildman–Crippen MR) is 80.9 cm³/mol. The molecule has 1 heterocycles. The number of nitrogens with two attached hydrogens (primary N) is 1. The summed E-state index contributed by atoms with van der Waals surface area (Å²) in [6.07, 6.45) is 0. The zero-order chi connectivity index (χ0) is 14.7. The quantitative estimate of drug-likeness (QED) is 0.860. The highest BCUT2D eigenvalue weighted by molar-refractivity contribution is 5.70. The van der Waals surface area contributed by atoms with Crippen molar-refractivity contribution < 1.29 is 9.13 Å². The molecule has 1 aliphatic rings. The summed E-state index contributed by atoms with van der Waals surface area (Å²) in [5, 5.41) is 0. The van der Waals surface area contributed by atoms with Gasteiger partial charge in [0, 0.05) is 44.4 Å². The Morgan fingerprint density at radius 1 is 1.25 bits per heavy atom. The van der Waals surface area contributed by atoms with Crippen molar-refractivity contribution >= 4 is 11.4 Å². The number of nitrogens with zero attached hydrogens (tertiary/aromatic N) is 2. The van der Waals surface area contributed by atoms with Crippen molar-refractivity contribution in [1.82, 2.24) is 4.90 Å². The van der Waals surface area contributed by atoms with Crippen molar-refractivity contribution in [2.24, 2.45) is 0 Å². The highest BCUT2D eigenvalue weighted by Gasteiger charge is 2.21. The van der Waals surface area contributed by atoms with Gasteiger partial charge in [0.2, 0.25) is 0 Å². The molecule has 1 aromatic rings. The first-order valence-electron chi connectivity index (χ1n) is 7.23. The third-order valence-corrected chi connectivity index (χ3v) is 3.77. The van der Waals surface area contributed by atoms with E-state index in [1.54, 1.807) is 6.07 Å². The molecule has 0 radical (unpaired) electrons. The Morgan fingerprint density at radius 3 is 2.45 bits per heavy atom. The van der Waals surface area contributed by atoms with Crippen LogP contribution in [0.15, 0.2) is 12.1 Å². The van der Waals surface area contributed by atoms with Crippen molar-refractivity contribution in [1.29, 1.82) is 0 Å².